The van der Waals surface area contributed by atoms with E-state index in [0.29, 0.717) is 40.3 Å². The Morgan fingerprint density at radius 1 is 1.31 bits per heavy atom. The van der Waals surface area contributed by atoms with Crippen LogP contribution in [0.2, 0.25) is 0 Å². The molecule has 0 saturated carbocycles. The first kappa shape index (κ1) is 26.5. The number of hydrogen-bond acceptors (Lipinski definition) is 7. The molecule has 1 aromatic heterocycles. The van der Waals surface area contributed by atoms with Gasteiger partial charge >= 0.3 is 12.3 Å². The number of nitrogens with zero attached hydrogens (tertiary/aromatic N) is 2. The maximum atomic E-state index is 14.8. The van der Waals surface area contributed by atoms with Crippen LogP contribution in [-0.2, 0) is 20.7 Å². The Hall–Kier alpha value is -2.60. The molecule has 3 heterocycles. The van der Waals surface area contributed by atoms with Gasteiger partial charge in [0.25, 0.3) is 0 Å². The van der Waals surface area contributed by atoms with E-state index < -0.39 is 36.5 Å². The van der Waals surface area contributed by atoms with Gasteiger partial charge in [0.15, 0.2) is 6.10 Å². The van der Waals surface area contributed by atoms with Crippen molar-refractivity contribution in [1.82, 2.24) is 4.90 Å². The number of oxime groups is 1. The van der Waals surface area contributed by atoms with Crippen LogP contribution in [0.5, 0.6) is 0 Å². The molecular formula is C24H29F4N3O4S. The molecule has 198 valence electrons. The first-order valence-corrected chi connectivity index (χ1v) is 12.5. The lowest BCUT2D eigenvalue weighted by molar-refractivity contribution is -0.126. The number of thiophene rings is 1. The fourth-order valence-corrected chi connectivity index (χ4v) is 5.28. The molecule has 1 unspecified atom stereocenters. The van der Waals surface area contributed by atoms with Gasteiger partial charge in [-0.15, -0.1) is 11.3 Å². The molecule has 3 atom stereocenters. The number of ether oxygens (including phenoxy) is 2. The molecule has 0 bridgehead atoms. The summed E-state index contributed by atoms with van der Waals surface area (Å²) in [5.74, 6) is 0. The Kier molecular flexibility index (Phi) is 7.65. The second-order valence-corrected chi connectivity index (χ2v) is 10.9. The molecule has 1 amide bonds. The second kappa shape index (κ2) is 10.4. The van der Waals surface area contributed by atoms with Gasteiger partial charge in [-0.1, -0.05) is 17.3 Å². The molecule has 36 heavy (non-hydrogen) atoms. The number of amides is 1. The van der Waals surface area contributed by atoms with Crippen molar-refractivity contribution >= 4 is 39.4 Å². The number of anilines is 1. The van der Waals surface area contributed by atoms with E-state index in [0.717, 1.165) is 11.3 Å². The average molecular weight is 532 g/mol. The van der Waals surface area contributed by atoms with Crippen molar-refractivity contribution in [1.29, 1.82) is 0 Å². The van der Waals surface area contributed by atoms with Crippen molar-refractivity contribution in [2.24, 2.45) is 5.16 Å². The SMILES string of the molecule is CC(C)(C)OC(=O)N1C[C@H](F)[C@H](Nc2cccc3c(CC(F)(F)F)c(/C=N/OC4CCOC4)sc23)C1. The quantitative estimate of drug-likeness (QED) is 0.302. The Balaban J connectivity index is 1.57. The summed E-state index contributed by atoms with van der Waals surface area (Å²) in [6.07, 6.45) is -5.80. The average Bonchev–Trinajstić information content (AvgIpc) is 3.48. The number of alkyl halides is 4. The van der Waals surface area contributed by atoms with E-state index in [4.69, 9.17) is 14.3 Å². The number of rotatable bonds is 6. The minimum absolute atomic E-state index is 0.0683. The predicted octanol–water partition coefficient (Wildman–Crippen LogP) is 5.51. The van der Waals surface area contributed by atoms with Crippen molar-refractivity contribution < 1.29 is 36.7 Å². The highest BCUT2D eigenvalue weighted by atomic mass is 32.1. The number of carbonyl (C=O) groups is 1. The topological polar surface area (TPSA) is 72.4 Å². The van der Waals surface area contributed by atoms with Crippen LogP contribution < -0.4 is 5.32 Å². The molecule has 2 aliphatic rings. The summed E-state index contributed by atoms with van der Waals surface area (Å²) in [6.45, 7) is 6.07. The third-order valence-electron chi connectivity index (χ3n) is 5.74. The molecule has 1 aromatic carbocycles. The fourth-order valence-electron chi connectivity index (χ4n) is 4.13. The molecule has 2 fully saturated rings. The van der Waals surface area contributed by atoms with Gasteiger partial charge in [-0.25, -0.2) is 9.18 Å². The third kappa shape index (κ3) is 6.58. The molecule has 7 nitrogen and oxygen atoms in total. The van der Waals surface area contributed by atoms with Crippen LogP contribution in [0.1, 0.15) is 37.6 Å². The molecule has 4 rings (SSSR count). The lowest BCUT2D eigenvalue weighted by atomic mass is 10.1. The summed E-state index contributed by atoms with van der Waals surface area (Å²) in [5, 5.41) is 7.42. The number of halogens is 4. The number of fused-ring (bicyclic) bond motifs is 1. The first-order chi connectivity index (χ1) is 16.9. The Bertz CT molecular complexity index is 1110. The van der Waals surface area contributed by atoms with Crippen LogP contribution in [-0.4, -0.2) is 73.6 Å². The number of carbonyl (C=O) groups excluding carboxylic acids is 1. The Labute approximate surface area is 210 Å². The standard InChI is InChI=1S/C24H29F4N3O4S/c1-23(2,3)34-22(32)31-11-17(25)19(12-31)30-18-6-4-5-15-16(9-24(26,27)28)20(36-21(15)18)10-29-35-14-7-8-33-13-14/h4-6,10,14,17,19,30H,7-9,11-13H2,1-3H3/b29-10+/t14?,17-,19+/m0/s1. The molecule has 0 radical (unpaired) electrons. The van der Waals surface area contributed by atoms with Gasteiger partial charge in [-0.2, -0.15) is 13.2 Å². The molecule has 2 aliphatic heterocycles. The number of likely N-dealkylation sites (tertiary alicyclic amines) is 1. The largest absolute Gasteiger partial charge is 0.444 e. The Morgan fingerprint density at radius 2 is 2.08 bits per heavy atom. The zero-order chi connectivity index (χ0) is 26.1. The lowest BCUT2D eigenvalue weighted by Crippen LogP contribution is -2.36. The zero-order valence-electron chi connectivity index (χ0n) is 20.2. The first-order valence-electron chi connectivity index (χ1n) is 11.7. The molecule has 0 aliphatic carbocycles. The number of nitrogens with one attached hydrogen (secondary N) is 1. The van der Waals surface area contributed by atoms with Crippen molar-refractivity contribution in [2.75, 3.05) is 31.6 Å². The smallest absolute Gasteiger partial charge is 0.410 e. The molecule has 2 aromatic rings. The van der Waals surface area contributed by atoms with Gasteiger partial charge in [0.1, 0.15) is 11.8 Å². The highest BCUT2D eigenvalue weighted by molar-refractivity contribution is 7.21. The molecule has 12 heteroatoms. The van der Waals surface area contributed by atoms with E-state index in [2.05, 4.69) is 10.5 Å². The second-order valence-electron chi connectivity index (χ2n) is 9.90. The Morgan fingerprint density at radius 3 is 2.75 bits per heavy atom. The van der Waals surface area contributed by atoms with Crippen LogP contribution in [0.15, 0.2) is 23.4 Å². The number of benzene rings is 1. The normalized spacial score (nSPS) is 23.1. The van der Waals surface area contributed by atoms with Gasteiger partial charge in [-0.05, 0) is 37.8 Å². The van der Waals surface area contributed by atoms with E-state index in [-0.39, 0.29) is 24.8 Å². The molecule has 2 saturated heterocycles. The highest BCUT2D eigenvalue weighted by Gasteiger charge is 2.38. The highest BCUT2D eigenvalue weighted by Crippen LogP contribution is 2.39. The molecule has 0 spiro atoms. The summed E-state index contributed by atoms with van der Waals surface area (Å²) in [7, 11) is 0. The van der Waals surface area contributed by atoms with Crippen molar-refractivity contribution in [3.63, 3.8) is 0 Å². The predicted molar refractivity (Wildman–Crippen MR) is 130 cm³/mol. The summed E-state index contributed by atoms with van der Waals surface area (Å²) < 4.78 is 66.2. The van der Waals surface area contributed by atoms with Crippen LogP contribution in [0.3, 0.4) is 0 Å². The van der Waals surface area contributed by atoms with Crippen molar-refractivity contribution in [3.05, 3.63) is 28.6 Å². The van der Waals surface area contributed by atoms with Gasteiger partial charge in [0, 0.05) is 13.0 Å². The van der Waals surface area contributed by atoms with E-state index in [1.807, 2.05) is 0 Å². The van der Waals surface area contributed by atoms with Crippen LogP contribution in [0.25, 0.3) is 10.1 Å². The van der Waals surface area contributed by atoms with Gasteiger partial charge in [0.05, 0.1) is 53.7 Å². The molecule has 1 N–H and O–H groups in total. The minimum atomic E-state index is -4.43. The monoisotopic (exact) mass is 531 g/mol. The van der Waals surface area contributed by atoms with Gasteiger partial charge in [0.2, 0.25) is 0 Å². The third-order valence-corrected chi connectivity index (χ3v) is 6.95. The van der Waals surface area contributed by atoms with Crippen LogP contribution in [0, 0.1) is 0 Å². The summed E-state index contributed by atoms with van der Waals surface area (Å²) in [6, 6.07) is 4.18. The summed E-state index contributed by atoms with van der Waals surface area (Å²) in [5.41, 5.74) is -0.137. The van der Waals surface area contributed by atoms with E-state index >= 15 is 0 Å². The fraction of sp³-hybridized carbons (Fsp3) is 0.583. The maximum absolute atomic E-state index is 14.8. The van der Waals surface area contributed by atoms with Crippen LogP contribution in [0.4, 0.5) is 28.0 Å². The van der Waals surface area contributed by atoms with Crippen molar-refractivity contribution in [3.8, 4) is 0 Å². The van der Waals surface area contributed by atoms with E-state index in [1.54, 1.807) is 39.0 Å². The maximum Gasteiger partial charge on any atom is 0.410 e. The van der Waals surface area contributed by atoms with E-state index in [9.17, 15) is 22.4 Å². The summed E-state index contributed by atoms with van der Waals surface area (Å²) >= 11 is 1.12. The molecular weight excluding hydrogens is 502 g/mol. The summed E-state index contributed by atoms with van der Waals surface area (Å²) in [4.78, 5) is 19.3. The van der Waals surface area contributed by atoms with Crippen molar-refractivity contribution in [2.45, 2.75) is 63.7 Å². The van der Waals surface area contributed by atoms with E-state index in [1.165, 1.54) is 11.1 Å². The van der Waals surface area contributed by atoms with Gasteiger partial charge in [-0.3, -0.25) is 0 Å². The zero-order valence-corrected chi connectivity index (χ0v) is 21.0. The lowest BCUT2D eigenvalue weighted by Gasteiger charge is -2.24. The van der Waals surface area contributed by atoms with Crippen LogP contribution >= 0.6 is 11.3 Å². The minimum Gasteiger partial charge on any atom is -0.444 e. The van der Waals surface area contributed by atoms with Gasteiger partial charge < -0.3 is 24.5 Å². The number of hydrogen-bond donors (Lipinski definition) is 1.